The first-order chi connectivity index (χ1) is 3.83. The fourth-order valence-corrected chi connectivity index (χ4v) is 1.20. The molecule has 48 valence electrons. The van der Waals surface area contributed by atoms with Crippen LogP contribution in [0.3, 0.4) is 0 Å². The summed E-state index contributed by atoms with van der Waals surface area (Å²) in [6, 6.07) is 0. The van der Waals surface area contributed by atoms with Crippen LogP contribution in [0.25, 0.3) is 0 Å². The van der Waals surface area contributed by atoms with Crippen molar-refractivity contribution in [2.24, 2.45) is 0 Å². The first-order valence-corrected chi connectivity index (χ1v) is 3.81. The molecule has 0 spiro atoms. The summed E-state index contributed by atoms with van der Waals surface area (Å²) in [6.45, 7) is 1.49. The molecule has 1 aliphatic heterocycles. The summed E-state index contributed by atoms with van der Waals surface area (Å²) in [7, 11) is 0. The van der Waals surface area contributed by atoms with Gasteiger partial charge in [-0.3, -0.25) is 0 Å². The standard InChI is InChI=1S/C5H9O2S/c1-8-5-2-4(6)3-7-5/h3-6H,2H2,1H3/q-1. The zero-order valence-electron chi connectivity index (χ0n) is 4.70. The van der Waals surface area contributed by atoms with E-state index in [4.69, 9.17) is 9.84 Å². The van der Waals surface area contributed by atoms with Crippen molar-refractivity contribution in [1.29, 1.82) is 0 Å². The lowest BCUT2D eigenvalue weighted by Crippen LogP contribution is -2.00. The van der Waals surface area contributed by atoms with E-state index in [0.29, 0.717) is 0 Å². The number of aliphatic hydroxyl groups is 1. The van der Waals surface area contributed by atoms with E-state index >= 15 is 0 Å². The number of thioether (sulfide) groups is 1. The number of rotatable bonds is 1. The Balaban J connectivity index is 2.22. The maximum atomic E-state index is 8.84. The summed E-state index contributed by atoms with van der Waals surface area (Å²) in [4.78, 5) is 0. The molecule has 2 nitrogen and oxygen atoms in total. The lowest BCUT2D eigenvalue weighted by atomic mass is 10.3. The highest BCUT2D eigenvalue weighted by molar-refractivity contribution is 7.99. The second-order valence-corrected chi connectivity index (χ2v) is 2.74. The zero-order valence-corrected chi connectivity index (χ0v) is 5.52. The van der Waals surface area contributed by atoms with Crippen LogP contribution in [0, 0.1) is 6.61 Å². The monoisotopic (exact) mass is 133 g/mol. The van der Waals surface area contributed by atoms with Gasteiger partial charge in [0.2, 0.25) is 0 Å². The fraction of sp³-hybridized carbons (Fsp3) is 0.800. The van der Waals surface area contributed by atoms with Crippen molar-refractivity contribution in [3.63, 3.8) is 0 Å². The van der Waals surface area contributed by atoms with Crippen molar-refractivity contribution in [3.8, 4) is 0 Å². The van der Waals surface area contributed by atoms with Crippen molar-refractivity contribution in [2.45, 2.75) is 18.0 Å². The SMILES string of the molecule is CSC1CC(O)[CH-]O1. The van der Waals surface area contributed by atoms with Gasteiger partial charge in [0.05, 0.1) is 5.44 Å². The van der Waals surface area contributed by atoms with Crippen LogP contribution in [0.1, 0.15) is 6.42 Å². The average molecular weight is 133 g/mol. The Morgan fingerprint density at radius 1 is 1.88 bits per heavy atom. The first kappa shape index (κ1) is 6.39. The van der Waals surface area contributed by atoms with Crippen molar-refractivity contribution in [3.05, 3.63) is 6.61 Å². The van der Waals surface area contributed by atoms with Crippen LogP contribution >= 0.6 is 11.8 Å². The molecule has 0 bridgehead atoms. The van der Waals surface area contributed by atoms with E-state index in [2.05, 4.69) is 0 Å². The maximum Gasteiger partial charge on any atom is 0.0707 e. The topological polar surface area (TPSA) is 29.5 Å². The van der Waals surface area contributed by atoms with Gasteiger partial charge in [-0.1, -0.05) is 0 Å². The summed E-state index contributed by atoms with van der Waals surface area (Å²) in [5.41, 5.74) is 0.185. The molecule has 0 saturated carbocycles. The Hall–Kier alpha value is 0.270. The Morgan fingerprint density at radius 3 is 2.88 bits per heavy atom. The second-order valence-electron chi connectivity index (χ2n) is 1.74. The van der Waals surface area contributed by atoms with Crippen molar-refractivity contribution in [1.82, 2.24) is 0 Å². The number of aliphatic hydroxyl groups excluding tert-OH is 1. The minimum atomic E-state index is -0.340. The largest absolute Gasteiger partial charge is 0.540 e. The molecule has 0 aromatic carbocycles. The van der Waals surface area contributed by atoms with Crippen LogP contribution in [-0.4, -0.2) is 22.9 Å². The van der Waals surface area contributed by atoms with Crippen LogP contribution < -0.4 is 0 Å². The summed E-state index contributed by atoms with van der Waals surface area (Å²) >= 11 is 1.62. The van der Waals surface area contributed by atoms with Crippen LogP contribution in [-0.2, 0) is 4.74 Å². The molecule has 1 aliphatic rings. The quantitative estimate of drug-likeness (QED) is 0.532. The summed E-state index contributed by atoms with van der Waals surface area (Å²) in [6.07, 6.45) is 2.37. The Kier molecular flexibility index (Phi) is 2.16. The van der Waals surface area contributed by atoms with Gasteiger partial charge in [0, 0.05) is 0 Å². The third-order valence-electron chi connectivity index (χ3n) is 1.08. The van der Waals surface area contributed by atoms with Gasteiger partial charge in [0.1, 0.15) is 0 Å². The van der Waals surface area contributed by atoms with Gasteiger partial charge in [-0.25, -0.2) is 0 Å². The molecular weight excluding hydrogens is 124 g/mol. The molecule has 0 radical (unpaired) electrons. The van der Waals surface area contributed by atoms with Gasteiger partial charge in [0.15, 0.2) is 0 Å². The van der Waals surface area contributed by atoms with Gasteiger partial charge in [-0.05, 0) is 18.8 Å². The third kappa shape index (κ3) is 1.37. The van der Waals surface area contributed by atoms with Crippen LogP contribution in [0.15, 0.2) is 0 Å². The van der Waals surface area contributed by atoms with Crippen LogP contribution in [0.5, 0.6) is 0 Å². The second kappa shape index (κ2) is 2.71. The highest BCUT2D eigenvalue weighted by Crippen LogP contribution is 2.23. The summed E-state index contributed by atoms with van der Waals surface area (Å²) in [5.74, 6) is 0. The zero-order chi connectivity index (χ0) is 5.98. The maximum absolute atomic E-state index is 8.84. The molecule has 0 aliphatic carbocycles. The third-order valence-corrected chi connectivity index (χ3v) is 1.91. The molecule has 0 aromatic heterocycles. The van der Waals surface area contributed by atoms with E-state index in [1.807, 2.05) is 6.26 Å². The van der Waals surface area contributed by atoms with Crippen molar-refractivity contribution >= 4 is 11.8 Å². The molecule has 1 fully saturated rings. The minimum Gasteiger partial charge on any atom is -0.540 e. The molecule has 1 saturated heterocycles. The van der Waals surface area contributed by atoms with E-state index in [1.165, 1.54) is 6.61 Å². The first-order valence-electron chi connectivity index (χ1n) is 2.52. The molecular formula is C5H9O2S-. The molecule has 3 heteroatoms. The normalized spacial score (nSPS) is 38.2. The van der Waals surface area contributed by atoms with Gasteiger partial charge in [-0.2, -0.15) is 6.61 Å². The van der Waals surface area contributed by atoms with E-state index in [1.54, 1.807) is 11.8 Å². The van der Waals surface area contributed by atoms with Gasteiger partial charge in [-0.15, -0.1) is 11.8 Å². The van der Waals surface area contributed by atoms with E-state index in [9.17, 15) is 0 Å². The smallest absolute Gasteiger partial charge is 0.0707 e. The minimum absolute atomic E-state index is 0.185. The molecule has 1 heterocycles. The predicted molar refractivity (Wildman–Crippen MR) is 33.3 cm³/mol. The number of hydrogen-bond acceptors (Lipinski definition) is 3. The Bertz CT molecular complexity index is 76.8. The number of hydrogen-bond donors (Lipinski definition) is 1. The molecule has 0 amide bonds. The van der Waals surface area contributed by atoms with Gasteiger partial charge in [0.25, 0.3) is 0 Å². The van der Waals surface area contributed by atoms with E-state index in [-0.39, 0.29) is 11.5 Å². The molecule has 8 heavy (non-hydrogen) atoms. The summed E-state index contributed by atoms with van der Waals surface area (Å²) < 4.78 is 5.00. The Labute approximate surface area is 53.2 Å². The molecule has 1 rings (SSSR count). The summed E-state index contributed by atoms with van der Waals surface area (Å²) in [5, 5.41) is 8.84. The molecule has 0 aromatic rings. The molecule has 2 unspecified atom stereocenters. The lowest BCUT2D eigenvalue weighted by molar-refractivity contribution is 0.178. The van der Waals surface area contributed by atoms with Gasteiger partial charge < -0.3 is 9.84 Å². The highest BCUT2D eigenvalue weighted by atomic mass is 32.2. The lowest BCUT2D eigenvalue weighted by Gasteiger charge is -2.08. The molecule has 1 N–H and O–H groups in total. The van der Waals surface area contributed by atoms with Gasteiger partial charge >= 0.3 is 0 Å². The van der Waals surface area contributed by atoms with Crippen LogP contribution in [0.2, 0.25) is 0 Å². The molecule has 2 atom stereocenters. The predicted octanol–water partition coefficient (Wildman–Crippen LogP) is 0.618. The average Bonchev–Trinajstić information content (AvgIpc) is 2.14. The highest BCUT2D eigenvalue weighted by Gasteiger charge is 2.12. The van der Waals surface area contributed by atoms with E-state index in [0.717, 1.165) is 6.42 Å². The van der Waals surface area contributed by atoms with Crippen molar-refractivity contribution < 1.29 is 9.84 Å². The fourth-order valence-electron chi connectivity index (χ4n) is 0.638. The van der Waals surface area contributed by atoms with E-state index < -0.39 is 0 Å². The van der Waals surface area contributed by atoms with Crippen molar-refractivity contribution in [2.75, 3.05) is 6.26 Å². The number of ether oxygens (including phenoxy) is 1. The van der Waals surface area contributed by atoms with Crippen LogP contribution in [0.4, 0.5) is 0 Å². The Morgan fingerprint density at radius 2 is 2.62 bits per heavy atom.